The lowest BCUT2D eigenvalue weighted by Crippen LogP contribution is -2.30. The standard InChI is InChI=1S/C53H36P2S2/c56-54(38-18-5-1-6-19-38,39-20-7-2-8-21-39)42-30-32-45-46-33-31-43(55(57,40-22-9-3-10-23-40)41-24-11-4-12-25-41)36-51(46)53(50(45)35-42)48-28-16-15-27-47(48)52-44-26-14-13-17-37(44)29-34-49(52)53/h1-36H/i13D,14D,15D,16D,17D,26D,27D,28D,29D,30D,31D,32D,33D,34D,35D,36D. The van der Waals surface area contributed by atoms with Crippen LogP contribution in [0.1, 0.15) is 44.2 Å². The average Bonchev–Trinajstić information content (AvgIpc) is 3.90. The molecule has 11 rings (SSSR count). The van der Waals surface area contributed by atoms with E-state index in [9.17, 15) is 16.4 Å². The van der Waals surface area contributed by atoms with Gasteiger partial charge >= 0.3 is 0 Å². The summed E-state index contributed by atoms with van der Waals surface area (Å²) in [4.78, 5) is 0. The zero-order chi connectivity index (χ0) is 52.1. The van der Waals surface area contributed by atoms with Crippen molar-refractivity contribution in [2.75, 3.05) is 0 Å². The maximum atomic E-state index is 10.8. The minimum absolute atomic E-state index is 0.116. The topological polar surface area (TPSA) is 0 Å². The first-order chi connectivity index (χ1) is 34.7. The first-order valence-corrected chi connectivity index (χ1v) is 23.7. The van der Waals surface area contributed by atoms with Gasteiger partial charge in [0.1, 0.15) is 0 Å². The van der Waals surface area contributed by atoms with Crippen molar-refractivity contribution in [3.05, 3.63) is 240 Å². The summed E-state index contributed by atoms with van der Waals surface area (Å²) >= 11 is 13.6. The molecule has 9 aromatic rings. The van der Waals surface area contributed by atoms with Gasteiger partial charge in [-0.2, -0.15) is 0 Å². The van der Waals surface area contributed by atoms with Crippen LogP contribution >= 0.6 is 12.1 Å². The van der Waals surface area contributed by atoms with Crippen LogP contribution in [-0.4, -0.2) is 0 Å². The summed E-state index contributed by atoms with van der Waals surface area (Å²) in [7, 11) is 0. The van der Waals surface area contributed by atoms with Gasteiger partial charge in [0.15, 0.2) is 0 Å². The van der Waals surface area contributed by atoms with Crippen molar-refractivity contribution in [2.45, 2.75) is 5.41 Å². The maximum absolute atomic E-state index is 10.8. The fourth-order valence-corrected chi connectivity index (χ4v) is 15.4. The van der Waals surface area contributed by atoms with Crippen molar-refractivity contribution in [3.63, 3.8) is 0 Å². The van der Waals surface area contributed by atoms with Gasteiger partial charge in [0.2, 0.25) is 0 Å². The van der Waals surface area contributed by atoms with Gasteiger partial charge in [-0.15, -0.1) is 0 Å². The monoisotopic (exact) mass is 814 g/mol. The van der Waals surface area contributed by atoms with Crippen molar-refractivity contribution in [1.82, 2.24) is 0 Å². The Labute approximate surface area is 367 Å². The molecule has 0 saturated heterocycles. The molecule has 2 aliphatic rings. The van der Waals surface area contributed by atoms with Crippen LogP contribution in [-0.2, 0) is 29.0 Å². The number of fused-ring (bicyclic) bond motifs is 12. The molecule has 0 radical (unpaired) electrons. The average molecular weight is 815 g/mol. The first kappa shape index (κ1) is 21.9. The van der Waals surface area contributed by atoms with Gasteiger partial charge in [-0.25, -0.2) is 0 Å². The van der Waals surface area contributed by atoms with Gasteiger partial charge in [-0.3, -0.25) is 0 Å². The molecule has 0 aliphatic heterocycles. The van der Waals surface area contributed by atoms with E-state index in [1.165, 1.54) is 0 Å². The molecule has 0 heterocycles. The first-order valence-electron chi connectivity index (χ1n) is 26.1. The van der Waals surface area contributed by atoms with E-state index in [1.54, 1.807) is 121 Å². The molecule has 0 amide bonds. The van der Waals surface area contributed by atoms with Crippen LogP contribution in [0, 0.1) is 0 Å². The van der Waals surface area contributed by atoms with Crippen LogP contribution in [0.15, 0.2) is 218 Å². The summed E-state index contributed by atoms with van der Waals surface area (Å²) in [6, 6.07) is 17.6. The van der Waals surface area contributed by atoms with Crippen molar-refractivity contribution in [3.8, 4) is 22.3 Å². The molecule has 0 fully saturated rings. The molecule has 9 aromatic carbocycles. The summed E-state index contributed by atoms with van der Waals surface area (Å²) in [6.45, 7) is 0. The lowest BCUT2D eigenvalue weighted by molar-refractivity contribution is 0.796. The highest BCUT2D eigenvalue weighted by Gasteiger charge is 2.53. The zero-order valence-electron chi connectivity index (χ0n) is 45.8. The molecule has 2 aliphatic carbocycles. The molecular formula is C53H36P2S2. The summed E-state index contributed by atoms with van der Waals surface area (Å²) in [6.07, 6.45) is 0. The van der Waals surface area contributed by atoms with Crippen molar-refractivity contribution in [1.29, 1.82) is 0 Å². The molecule has 4 heteroatoms. The third-order valence-corrected chi connectivity index (χ3v) is 20.3. The summed E-state index contributed by atoms with van der Waals surface area (Å²) in [5.74, 6) is 0. The van der Waals surface area contributed by atoms with E-state index >= 15 is 0 Å². The van der Waals surface area contributed by atoms with Crippen molar-refractivity contribution >= 4 is 78.3 Å². The highest BCUT2D eigenvalue weighted by atomic mass is 32.4. The SMILES string of the molecule is [2H]c1c([2H])c([2H])c2c(c1[2H])-c1c(c([2H])c([2H])c3c([2H])c([2H])c([2H])c([2H])c13)C21c2c([2H])c(P(=S)(c3ccccc3)c3ccccc3)c([2H])c([2H])c2-c2c([2H])c([2H])c(P(=S)(c3ccccc3)c3ccccc3)c([2H])c21. The van der Waals surface area contributed by atoms with E-state index in [2.05, 4.69) is 0 Å². The Morgan fingerprint density at radius 1 is 0.368 bits per heavy atom. The normalized spacial score (nSPS) is 17.5. The largest absolute Gasteiger partial charge is 0.0826 e. The Hall–Kier alpha value is -5.46. The Balaban J connectivity index is 1.48. The number of rotatable bonds is 6. The molecular weight excluding hydrogens is 763 g/mol. The lowest BCUT2D eigenvalue weighted by atomic mass is 9.70. The summed E-state index contributed by atoms with van der Waals surface area (Å²) in [5.41, 5.74) is -5.10. The molecule has 0 N–H and O–H groups in total. The van der Waals surface area contributed by atoms with Crippen molar-refractivity contribution < 1.29 is 21.9 Å². The van der Waals surface area contributed by atoms with Crippen LogP contribution < -0.4 is 31.8 Å². The molecule has 0 atom stereocenters. The minimum atomic E-state index is -3.65. The van der Waals surface area contributed by atoms with Crippen LogP contribution in [0.25, 0.3) is 33.0 Å². The molecule has 0 nitrogen and oxygen atoms in total. The fourth-order valence-electron chi connectivity index (χ4n) is 8.38. The third kappa shape index (κ3) is 4.92. The van der Waals surface area contributed by atoms with E-state index < -0.39 is 120 Å². The van der Waals surface area contributed by atoms with Crippen LogP contribution in [0.2, 0.25) is 0 Å². The summed E-state index contributed by atoms with van der Waals surface area (Å²) in [5, 5.41) is 1.09. The smallest absolute Gasteiger partial charge is 0.0726 e. The second-order valence-electron chi connectivity index (χ2n) is 13.8. The molecule has 0 unspecified atom stereocenters. The van der Waals surface area contributed by atoms with Gasteiger partial charge in [0, 0.05) is 12.1 Å². The second-order valence-corrected chi connectivity index (χ2v) is 22.4. The van der Waals surface area contributed by atoms with E-state index in [-0.39, 0.29) is 60.5 Å². The molecule has 0 aromatic heterocycles. The highest BCUT2D eigenvalue weighted by molar-refractivity contribution is 8.26. The quantitative estimate of drug-likeness (QED) is 0.153. The Bertz CT molecular complexity index is 3790. The predicted molar refractivity (Wildman–Crippen MR) is 252 cm³/mol. The predicted octanol–water partition coefficient (Wildman–Crippen LogP) is 10.7. The van der Waals surface area contributed by atoms with Crippen molar-refractivity contribution in [2.24, 2.45) is 0 Å². The number of hydrogen-bond acceptors (Lipinski definition) is 2. The van der Waals surface area contributed by atoms with E-state index in [0.29, 0.717) is 21.2 Å². The number of hydrogen-bond donors (Lipinski definition) is 0. The van der Waals surface area contributed by atoms with Crippen LogP contribution in [0.5, 0.6) is 0 Å². The third-order valence-electron chi connectivity index (χ3n) is 10.9. The van der Waals surface area contributed by atoms with E-state index in [4.69, 9.17) is 29.1 Å². The fraction of sp³-hybridized carbons (Fsp3) is 0.0189. The van der Waals surface area contributed by atoms with E-state index in [1.807, 2.05) is 0 Å². The second kappa shape index (κ2) is 13.3. The van der Waals surface area contributed by atoms with Gasteiger partial charge < -0.3 is 0 Å². The Morgan fingerprint density at radius 3 is 1.30 bits per heavy atom. The summed E-state index contributed by atoms with van der Waals surface area (Å²) < 4.78 is 156. The van der Waals surface area contributed by atoms with Crippen LogP contribution in [0.3, 0.4) is 0 Å². The maximum Gasteiger partial charge on any atom is 0.0726 e. The molecule has 0 bridgehead atoms. The molecule has 57 heavy (non-hydrogen) atoms. The van der Waals surface area contributed by atoms with E-state index in [0.717, 1.165) is 0 Å². The van der Waals surface area contributed by atoms with Gasteiger partial charge in [0.25, 0.3) is 0 Å². The van der Waals surface area contributed by atoms with Gasteiger partial charge in [-0.1, -0.05) is 230 Å². The molecule has 270 valence electrons. The van der Waals surface area contributed by atoms with Gasteiger partial charge in [-0.05, 0) is 99.2 Å². The van der Waals surface area contributed by atoms with Crippen LogP contribution in [0.4, 0.5) is 0 Å². The highest BCUT2D eigenvalue weighted by Crippen LogP contribution is 2.64. The Morgan fingerprint density at radius 2 is 0.807 bits per heavy atom. The van der Waals surface area contributed by atoms with Gasteiger partial charge in [0.05, 0.1) is 27.3 Å². The molecule has 1 spiro atoms. The minimum Gasteiger partial charge on any atom is -0.0826 e. The lowest BCUT2D eigenvalue weighted by Gasteiger charge is -2.33. The number of benzene rings is 9. The molecule has 0 saturated carbocycles. The zero-order valence-corrected chi connectivity index (χ0v) is 33.2. The Kier molecular flexibility index (Phi) is 5.11.